The van der Waals surface area contributed by atoms with E-state index in [0.29, 0.717) is 6.61 Å². The number of aliphatic imine (C=N–C) groups is 1. The van der Waals surface area contributed by atoms with E-state index in [0.717, 1.165) is 47.4 Å². The molecule has 0 N–H and O–H groups in total. The van der Waals surface area contributed by atoms with E-state index in [2.05, 4.69) is 20.9 Å². The molecule has 4 nitrogen and oxygen atoms in total. The lowest BCUT2D eigenvalue weighted by molar-refractivity contribution is 0.197. The SMILES string of the molecule is O=C=NC1(c2cc3c(cc2Br)OCC2(CC2)CO3)CCC1. The average Bonchev–Trinajstić information content (AvgIpc) is 3.22. The maximum absolute atomic E-state index is 10.8. The minimum absolute atomic E-state index is 0.223. The number of benzene rings is 1. The Morgan fingerprint density at radius 1 is 1.10 bits per heavy atom. The number of nitrogens with zero attached hydrogens (tertiary/aromatic N) is 1. The second-order valence-corrected chi connectivity index (χ2v) is 7.30. The zero-order valence-electron chi connectivity index (χ0n) is 11.7. The van der Waals surface area contributed by atoms with Gasteiger partial charge in [0.1, 0.15) is 0 Å². The number of halogens is 1. The van der Waals surface area contributed by atoms with Gasteiger partial charge in [-0.1, -0.05) is 15.9 Å². The topological polar surface area (TPSA) is 47.9 Å². The molecule has 110 valence electrons. The first-order chi connectivity index (χ1) is 10.2. The summed E-state index contributed by atoms with van der Waals surface area (Å²) in [5.74, 6) is 1.54. The molecule has 1 spiro atoms. The van der Waals surface area contributed by atoms with E-state index in [1.54, 1.807) is 6.08 Å². The summed E-state index contributed by atoms with van der Waals surface area (Å²) in [5.41, 5.74) is 0.801. The second kappa shape index (κ2) is 4.59. The highest BCUT2D eigenvalue weighted by Gasteiger charge is 2.47. The molecule has 1 aliphatic heterocycles. The van der Waals surface area contributed by atoms with Gasteiger partial charge < -0.3 is 9.47 Å². The van der Waals surface area contributed by atoms with E-state index in [9.17, 15) is 4.79 Å². The van der Waals surface area contributed by atoms with Crippen molar-refractivity contribution < 1.29 is 14.3 Å². The van der Waals surface area contributed by atoms with Crippen molar-refractivity contribution in [3.63, 3.8) is 0 Å². The average molecular weight is 350 g/mol. The Hall–Kier alpha value is -1.32. The van der Waals surface area contributed by atoms with E-state index in [-0.39, 0.29) is 5.41 Å². The van der Waals surface area contributed by atoms with Crippen LogP contribution in [0.15, 0.2) is 21.6 Å². The van der Waals surface area contributed by atoms with Gasteiger partial charge in [0.2, 0.25) is 6.08 Å². The minimum Gasteiger partial charge on any atom is -0.489 e. The predicted octanol–water partition coefficient (Wildman–Crippen LogP) is 3.72. The summed E-state index contributed by atoms with van der Waals surface area (Å²) in [6.45, 7) is 1.44. The Morgan fingerprint density at radius 2 is 1.76 bits per heavy atom. The molecular formula is C16H16BrNO3. The molecule has 2 fully saturated rings. The molecule has 4 rings (SSSR count). The Balaban J connectivity index is 1.74. The lowest BCUT2D eigenvalue weighted by Gasteiger charge is -2.38. The lowest BCUT2D eigenvalue weighted by atomic mass is 9.72. The minimum atomic E-state index is -0.428. The number of ether oxygens (including phenoxy) is 2. The van der Waals surface area contributed by atoms with Gasteiger partial charge >= 0.3 is 0 Å². The third-order valence-corrected chi connectivity index (χ3v) is 5.66. The molecule has 3 aliphatic rings. The maximum atomic E-state index is 10.8. The van der Waals surface area contributed by atoms with Crippen LogP contribution in [0.5, 0.6) is 11.5 Å². The highest BCUT2D eigenvalue weighted by atomic mass is 79.9. The molecule has 2 aliphatic carbocycles. The summed E-state index contributed by atoms with van der Waals surface area (Å²) < 4.78 is 12.8. The molecule has 5 heteroatoms. The molecule has 0 bridgehead atoms. The number of fused-ring (bicyclic) bond motifs is 1. The Kier molecular flexibility index (Phi) is 2.92. The molecule has 1 heterocycles. The quantitative estimate of drug-likeness (QED) is 0.603. The highest BCUT2D eigenvalue weighted by molar-refractivity contribution is 9.10. The van der Waals surface area contributed by atoms with Crippen molar-refractivity contribution in [2.75, 3.05) is 13.2 Å². The summed E-state index contributed by atoms with van der Waals surface area (Å²) in [6.07, 6.45) is 6.92. The van der Waals surface area contributed by atoms with E-state index in [4.69, 9.17) is 9.47 Å². The van der Waals surface area contributed by atoms with Gasteiger partial charge in [-0.15, -0.1) is 0 Å². The molecular weight excluding hydrogens is 334 g/mol. The smallest absolute Gasteiger partial charge is 0.235 e. The van der Waals surface area contributed by atoms with Crippen LogP contribution in [0.1, 0.15) is 37.7 Å². The summed E-state index contributed by atoms with van der Waals surface area (Å²) in [7, 11) is 0. The van der Waals surface area contributed by atoms with Gasteiger partial charge in [-0.25, -0.2) is 4.79 Å². The molecule has 0 atom stereocenters. The fraction of sp³-hybridized carbons (Fsp3) is 0.562. The number of hydrogen-bond acceptors (Lipinski definition) is 4. The van der Waals surface area contributed by atoms with Crippen molar-refractivity contribution in [2.24, 2.45) is 10.4 Å². The summed E-state index contributed by atoms with van der Waals surface area (Å²) in [4.78, 5) is 14.8. The normalized spacial score (nSPS) is 23.7. The Bertz CT molecular complexity index is 643. The second-order valence-electron chi connectivity index (χ2n) is 6.44. The van der Waals surface area contributed by atoms with Crippen LogP contribution < -0.4 is 9.47 Å². The van der Waals surface area contributed by atoms with Crippen LogP contribution >= 0.6 is 15.9 Å². The summed E-state index contributed by atoms with van der Waals surface area (Å²) in [5, 5.41) is 0. The first kappa shape index (κ1) is 13.4. The number of carbonyl (C=O) groups excluding carboxylic acids is 1. The van der Waals surface area contributed by atoms with Crippen LogP contribution in [0, 0.1) is 5.41 Å². The van der Waals surface area contributed by atoms with Crippen LogP contribution in [0.25, 0.3) is 0 Å². The van der Waals surface area contributed by atoms with Crippen LogP contribution in [0.4, 0.5) is 0 Å². The first-order valence-corrected chi connectivity index (χ1v) is 8.14. The maximum Gasteiger partial charge on any atom is 0.235 e. The molecule has 0 unspecified atom stereocenters. The van der Waals surface area contributed by atoms with Crippen molar-refractivity contribution >= 4 is 22.0 Å². The molecule has 1 aromatic rings. The monoisotopic (exact) mass is 349 g/mol. The number of hydrogen-bond donors (Lipinski definition) is 0. The molecule has 0 radical (unpaired) electrons. The molecule has 0 amide bonds. The van der Waals surface area contributed by atoms with Crippen molar-refractivity contribution in [1.29, 1.82) is 0 Å². The highest BCUT2D eigenvalue weighted by Crippen LogP contribution is 2.52. The summed E-state index contributed by atoms with van der Waals surface area (Å²) in [6, 6.07) is 3.94. The zero-order chi connectivity index (χ0) is 14.5. The molecule has 21 heavy (non-hydrogen) atoms. The number of isocyanates is 1. The van der Waals surface area contributed by atoms with Crippen LogP contribution in [-0.2, 0) is 10.3 Å². The van der Waals surface area contributed by atoms with E-state index in [1.807, 2.05) is 12.1 Å². The van der Waals surface area contributed by atoms with Crippen LogP contribution in [0.3, 0.4) is 0 Å². The Labute approximate surface area is 131 Å². The van der Waals surface area contributed by atoms with Gasteiger partial charge in [0.05, 0.1) is 18.8 Å². The predicted molar refractivity (Wildman–Crippen MR) is 80.4 cm³/mol. The standard InChI is InChI=1S/C16H16BrNO3/c17-12-7-14-13(20-8-15(4-5-15)9-21-14)6-11(12)16(18-10-19)2-1-3-16/h6-7H,1-5,8-9H2. The van der Waals surface area contributed by atoms with Gasteiger partial charge in [0.25, 0.3) is 0 Å². The molecule has 0 aromatic heterocycles. The zero-order valence-corrected chi connectivity index (χ0v) is 13.2. The van der Waals surface area contributed by atoms with E-state index in [1.165, 1.54) is 12.8 Å². The lowest BCUT2D eigenvalue weighted by Crippen LogP contribution is -2.32. The first-order valence-electron chi connectivity index (χ1n) is 7.35. The Morgan fingerprint density at radius 3 is 2.29 bits per heavy atom. The fourth-order valence-corrected chi connectivity index (χ4v) is 3.82. The number of rotatable bonds is 2. The fourth-order valence-electron chi connectivity index (χ4n) is 3.13. The van der Waals surface area contributed by atoms with Crippen molar-refractivity contribution in [1.82, 2.24) is 0 Å². The molecule has 1 aromatic carbocycles. The van der Waals surface area contributed by atoms with Gasteiger partial charge in [-0.2, -0.15) is 4.99 Å². The van der Waals surface area contributed by atoms with Gasteiger partial charge in [0.15, 0.2) is 11.5 Å². The largest absolute Gasteiger partial charge is 0.489 e. The van der Waals surface area contributed by atoms with Crippen LogP contribution in [0.2, 0.25) is 0 Å². The van der Waals surface area contributed by atoms with E-state index >= 15 is 0 Å². The van der Waals surface area contributed by atoms with Gasteiger partial charge in [0, 0.05) is 9.89 Å². The van der Waals surface area contributed by atoms with Crippen molar-refractivity contribution in [3.05, 3.63) is 22.2 Å². The van der Waals surface area contributed by atoms with Crippen molar-refractivity contribution in [3.8, 4) is 11.5 Å². The van der Waals surface area contributed by atoms with E-state index < -0.39 is 5.54 Å². The van der Waals surface area contributed by atoms with Crippen LogP contribution in [-0.4, -0.2) is 19.3 Å². The third kappa shape index (κ3) is 2.11. The third-order valence-electron chi connectivity index (χ3n) is 5.00. The summed E-state index contributed by atoms with van der Waals surface area (Å²) >= 11 is 3.60. The van der Waals surface area contributed by atoms with Crippen molar-refractivity contribution in [2.45, 2.75) is 37.6 Å². The molecule has 0 saturated heterocycles. The van der Waals surface area contributed by atoms with Gasteiger partial charge in [-0.3, -0.25) is 0 Å². The van der Waals surface area contributed by atoms with Gasteiger partial charge in [-0.05, 0) is 49.8 Å². The molecule has 2 saturated carbocycles.